The molecule has 1 aliphatic heterocycles. The molecule has 0 aromatic heterocycles. The van der Waals surface area contributed by atoms with E-state index in [1.54, 1.807) is 0 Å². The Morgan fingerprint density at radius 3 is 2.36 bits per heavy atom. The van der Waals surface area contributed by atoms with Crippen molar-refractivity contribution in [3.8, 4) is 0 Å². The maximum absolute atomic E-state index is 13.3. The molecular formula is C7H7FN2O4. The first-order chi connectivity index (χ1) is 6.38. The van der Waals surface area contributed by atoms with Crippen molar-refractivity contribution in [2.24, 2.45) is 0 Å². The van der Waals surface area contributed by atoms with E-state index in [0.717, 1.165) is 0 Å². The zero-order chi connectivity index (χ0) is 10.6. The number of hydrogen-bond acceptors (Lipinski definition) is 3. The Morgan fingerprint density at radius 2 is 2.00 bits per heavy atom. The van der Waals surface area contributed by atoms with Crippen LogP contribution in [0, 0.1) is 0 Å². The van der Waals surface area contributed by atoms with Gasteiger partial charge in [-0.1, -0.05) is 0 Å². The first-order valence-electron chi connectivity index (χ1n) is 3.94. The molecule has 76 valence electrons. The number of rotatable bonds is 1. The lowest BCUT2D eigenvalue weighted by atomic mass is 9.66. The number of amides is 3. The second-order valence-electron chi connectivity index (χ2n) is 3.61. The van der Waals surface area contributed by atoms with E-state index in [2.05, 4.69) is 5.32 Å². The molecule has 1 spiro atoms. The maximum atomic E-state index is 13.3. The highest BCUT2D eigenvalue weighted by molar-refractivity contribution is 6.09. The minimum atomic E-state index is -2.39. The molecule has 7 heteroatoms. The molecule has 2 aliphatic rings. The molecular weight excluding hydrogens is 195 g/mol. The highest BCUT2D eigenvalue weighted by Gasteiger charge is 2.67. The number of urea groups is 1. The van der Waals surface area contributed by atoms with Crippen LogP contribution in [-0.4, -0.2) is 34.2 Å². The van der Waals surface area contributed by atoms with Crippen molar-refractivity contribution in [1.82, 2.24) is 10.6 Å². The van der Waals surface area contributed by atoms with E-state index in [4.69, 9.17) is 5.11 Å². The average molecular weight is 202 g/mol. The summed E-state index contributed by atoms with van der Waals surface area (Å²) in [5.41, 5.74) is -3.74. The molecule has 0 aromatic rings. The van der Waals surface area contributed by atoms with Crippen LogP contribution in [0.1, 0.15) is 12.8 Å². The highest BCUT2D eigenvalue weighted by Crippen LogP contribution is 2.46. The van der Waals surface area contributed by atoms with Crippen molar-refractivity contribution in [3.05, 3.63) is 0 Å². The monoisotopic (exact) mass is 202 g/mol. The number of carboxylic acid groups (broad SMARTS) is 1. The summed E-state index contributed by atoms with van der Waals surface area (Å²) in [5.74, 6) is -2.26. The largest absolute Gasteiger partial charge is 0.479 e. The maximum Gasteiger partial charge on any atom is 0.341 e. The molecule has 2 fully saturated rings. The Morgan fingerprint density at radius 1 is 1.43 bits per heavy atom. The van der Waals surface area contributed by atoms with Crippen molar-refractivity contribution in [1.29, 1.82) is 0 Å². The molecule has 0 radical (unpaired) electrons. The van der Waals surface area contributed by atoms with Gasteiger partial charge in [-0.2, -0.15) is 0 Å². The SMILES string of the molecule is O=C1NC(=O)C2(CC(F)(C(=O)O)C2)N1. The summed E-state index contributed by atoms with van der Waals surface area (Å²) in [6.07, 6.45) is -1.01. The van der Waals surface area contributed by atoms with E-state index < -0.39 is 42.0 Å². The molecule has 0 bridgehead atoms. The fourth-order valence-electron chi connectivity index (χ4n) is 1.83. The Labute approximate surface area is 77.5 Å². The van der Waals surface area contributed by atoms with E-state index in [1.807, 2.05) is 5.32 Å². The summed E-state index contributed by atoms with van der Waals surface area (Å²) in [6, 6.07) is -0.706. The van der Waals surface area contributed by atoms with Gasteiger partial charge in [0.25, 0.3) is 5.91 Å². The third-order valence-electron chi connectivity index (χ3n) is 2.56. The highest BCUT2D eigenvalue weighted by atomic mass is 19.1. The predicted octanol–water partition coefficient (Wildman–Crippen LogP) is -0.849. The molecule has 1 saturated carbocycles. The normalized spacial score (nSPS) is 40.4. The first kappa shape index (κ1) is 8.92. The van der Waals surface area contributed by atoms with Crippen LogP contribution in [0.15, 0.2) is 0 Å². The smallest absolute Gasteiger partial charge is 0.341 e. The van der Waals surface area contributed by atoms with Gasteiger partial charge in [0, 0.05) is 12.8 Å². The Hall–Kier alpha value is -1.66. The van der Waals surface area contributed by atoms with Crippen LogP contribution >= 0.6 is 0 Å². The van der Waals surface area contributed by atoms with Crippen LogP contribution in [0.4, 0.5) is 9.18 Å². The minimum absolute atomic E-state index is 0.507. The summed E-state index contributed by atoms with van der Waals surface area (Å²) >= 11 is 0. The van der Waals surface area contributed by atoms with Crippen molar-refractivity contribution >= 4 is 17.9 Å². The first-order valence-corrected chi connectivity index (χ1v) is 3.94. The van der Waals surface area contributed by atoms with Crippen LogP contribution in [0.3, 0.4) is 0 Å². The van der Waals surface area contributed by atoms with Gasteiger partial charge in [0.15, 0.2) is 0 Å². The van der Waals surface area contributed by atoms with Gasteiger partial charge in [0.1, 0.15) is 5.54 Å². The Balaban J connectivity index is 2.16. The molecule has 1 aliphatic carbocycles. The standard InChI is InChI=1S/C7H7FN2O4/c8-6(4(12)13)1-7(2-6)3(11)9-5(14)10-7/h1-2H2,(H,12,13)(H2,9,10,11,14). The van der Waals surface area contributed by atoms with E-state index in [1.165, 1.54) is 0 Å². The van der Waals surface area contributed by atoms with Crippen LogP contribution in [0.2, 0.25) is 0 Å². The fraction of sp³-hybridized carbons (Fsp3) is 0.571. The lowest BCUT2D eigenvalue weighted by Crippen LogP contribution is -2.66. The van der Waals surface area contributed by atoms with Crippen molar-refractivity contribution < 1.29 is 23.9 Å². The molecule has 3 amide bonds. The van der Waals surface area contributed by atoms with Gasteiger partial charge >= 0.3 is 12.0 Å². The number of carbonyl (C=O) groups excluding carboxylic acids is 2. The molecule has 14 heavy (non-hydrogen) atoms. The molecule has 0 atom stereocenters. The van der Waals surface area contributed by atoms with Crippen molar-refractivity contribution in [2.45, 2.75) is 24.0 Å². The third-order valence-corrected chi connectivity index (χ3v) is 2.56. The van der Waals surface area contributed by atoms with Crippen LogP contribution in [0.25, 0.3) is 0 Å². The van der Waals surface area contributed by atoms with Gasteiger partial charge < -0.3 is 10.4 Å². The molecule has 0 unspecified atom stereocenters. The average Bonchev–Trinajstić information content (AvgIpc) is 2.25. The lowest BCUT2D eigenvalue weighted by Gasteiger charge is -2.44. The number of aliphatic carboxylic acids is 1. The zero-order valence-corrected chi connectivity index (χ0v) is 6.96. The number of hydrogen-bond donors (Lipinski definition) is 3. The van der Waals surface area contributed by atoms with Gasteiger partial charge in [-0.25, -0.2) is 14.0 Å². The molecule has 6 nitrogen and oxygen atoms in total. The van der Waals surface area contributed by atoms with Gasteiger partial charge in [-0.15, -0.1) is 0 Å². The van der Waals surface area contributed by atoms with Crippen molar-refractivity contribution in [3.63, 3.8) is 0 Å². The van der Waals surface area contributed by atoms with E-state index >= 15 is 0 Å². The van der Waals surface area contributed by atoms with Crippen molar-refractivity contribution in [2.75, 3.05) is 0 Å². The predicted molar refractivity (Wildman–Crippen MR) is 40.1 cm³/mol. The topological polar surface area (TPSA) is 95.5 Å². The van der Waals surface area contributed by atoms with Crippen LogP contribution in [0.5, 0.6) is 0 Å². The summed E-state index contributed by atoms with van der Waals surface area (Å²) < 4.78 is 13.3. The van der Waals surface area contributed by atoms with E-state index in [-0.39, 0.29) is 0 Å². The molecule has 1 saturated heterocycles. The summed E-state index contributed by atoms with van der Waals surface area (Å²) in [7, 11) is 0. The second-order valence-corrected chi connectivity index (χ2v) is 3.61. The number of halogens is 1. The second kappa shape index (κ2) is 2.23. The molecule has 3 N–H and O–H groups in total. The lowest BCUT2D eigenvalue weighted by molar-refractivity contribution is -0.165. The number of carbonyl (C=O) groups is 3. The Kier molecular flexibility index (Phi) is 1.42. The summed E-state index contributed by atoms with van der Waals surface area (Å²) in [4.78, 5) is 32.3. The van der Waals surface area contributed by atoms with Gasteiger partial charge in [-0.05, 0) is 0 Å². The van der Waals surface area contributed by atoms with Crippen LogP contribution in [-0.2, 0) is 9.59 Å². The molecule has 0 aromatic carbocycles. The van der Waals surface area contributed by atoms with Gasteiger partial charge in [-0.3, -0.25) is 10.1 Å². The molecule has 2 rings (SSSR count). The summed E-state index contributed by atoms with van der Waals surface area (Å²) in [5, 5.41) is 12.6. The Bertz CT molecular complexity index is 348. The van der Waals surface area contributed by atoms with Gasteiger partial charge in [0.2, 0.25) is 5.67 Å². The third kappa shape index (κ3) is 0.918. The van der Waals surface area contributed by atoms with Gasteiger partial charge in [0.05, 0.1) is 0 Å². The quantitative estimate of drug-likeness (QED) is 0.482. The fourth-order valence-corrected chi connectivity index (χ4v) is 1.83. The van der Waals surface area contributed by atoms with E-state index in [9.17, 15) is 18.8 Å². The van der Waals surface area contributed by atoms with E-state index in [0.29, 0.717) is 0 Å². The molecule has 1 heterocycles. The van der Waals surface area contributed by atoms with Crippen LogP contribution < -0.4 is 10.6 Å². The zero-order valence-electron chi connectivity index (χ0n) is 6.96. The summed E-state index contributed by atoms with van der Waals surface area (Å²) in [6.45, 7) is 0. The number of alkyl halides is 1. The number of imide groups is 1. The number of carboxylic acids is 1. The number of nitrogens with one attached hydrogen (secondary N) is 2. The minimum Gasteiger partial charge on any atom is -0.479 e.